The quantitative estimate of drug-likeness (QED) is 0.0613. The van der Waals surface area contributed by atoms with E-state index in [1.807, 2.05) is 0 Å². The highest BCUT2D eigenvalue weighted by Crippen LogP contribution is 2.43. The number of rotatable bonds is 24. The predicted octanol–water partition coefficient (Wildman–Crippen LogP) is 4.99. The normalized spacial score (nSPS) is 15.0. The van der Waals surface area contributed by atoms with Crippen molar-refractivity contribution < 1.29 is 47.5 Å². The summed E-state index contributed by atoms with van der Waals surface area (Å²) in [5.41, 5.74) is 5.23. The molecule has 0 radical (unpaired) electrons. The molecular formula is C27H46NO10P. The zero-order chi connectivity index (χ0) is 29.4. The second kappa shape index (κ2) is 23.6. The van der Waals surface area contributed by atoms with Gasteiger partial charge in [-0.15, -0.1) is 0 Å². The highest BCUT2D eigenvalue weighted by Gasteiger charge is 2.28. The Balaban J connectivity index is 4.25. The molecule has 39 heavy (non-hydrogen) atoms. The van der Waals surface area contributed by atoms with E-state index in [4.69, 9.17) is 24.8 Å². The van der Waals surface area contributed by atoms with Gasteiger partial charge in [-0.2, -0.15) is 0 Å². The third-order valence-corrected chi connectivity index (χ3v) is 6.16. The summed E-state index contributed by atoms with van der Waals surface area (Å²) in [6.45, 7) is 1.98. The summed E-state index contributed by atoms with van der Waals surface area (Å²) in [5, 5.41) is 8.72. The second-order valence-electron chi connectivity index (χ2n) is 8.75. The van der Waals surface area contributed by atoms with Crippen molar-refractivity contribution in [1.29, 1.82) is 0 Å². The Labute approximate surface area is 232 Å². The summed E-state index contributed by atoms with van der Waals surface area (Å²) in [6, 6.07) is -1.52. The summed E-state index contributed by atoms with van der Waals surface area (Å²) in [5.74, 6) is -2.52. The Morgan fingerprint density at radius 3 is 2.05 bits per heavy atom. The van der Waals surface area contributed by atoms with Crippen LogP contribution in [0.4, 0.5) is 0 Å². The molecule has 0 amide bonds. The van der Waals surface area contributed by atoms with E-state index < -0.39 is 51.1 Å². The first-order valence-electron chi connectivity index (χ1n) is 13.5. The summed E-state index contributed by atoms with van der Waals surface area (Å²) in [6.07, 6.45) is 20.7. The zero-order valence-electron chi connectivity index (χ0n) is 23.2. The maximum Gasteiger partial charge on any atom is 0.472 e. The van der Waals surface area contributed by atoms with Crippen LogP contribution in [-0.4, -0.2) is 59.9 Å². The molecule has 4 N–H and O–H groups in total. The van der Waals surface area contributed by atoms with Gasteiger partial charge in [0, 0.05) is 12.8 Å². The fourth-order valence-corrected chi connectivity index (χ4v) is 3.78. The molecule has 0 bridgehead atoms. The molecule has 0 aromatic rings. The second-order valence-corrected chi connectivity index (χ2v) is 10.2. The van der Waals surface area contributed by atoms with Gasteiger partial charge in [0.25, 0.3) is 0 Å². The molecule has 0 aromatic carbocycles. The molecule has 0 rings (SSSR count). The van der Waals surface area contributed by atoms with E-state index in [2.05, 4.69) is 47.9 Å². The van der Waals surface area contributed by atoms with Crippen LogP contribution in [0.2, 0.25) is 0 Å². The number of carbonyl (C=O) groups excluding carboxylic acids is 2. The number of unbranched alkanes of at least 4 members (excludes halogenated alkanes) is 5. The number of ether oxygens (including phenoxy) is 2. The van der Waals surface area contributed by atoms with Gasteiger partial charge in [0.05, 0.1) is 13.2 Å². The average Bonchev–Trinajstić information content (AvgIpc) is 2.90. The monoisotopic (exact) mass is 575 g/mol. The zero-order valence-corrected chi connectivity index (χ0v) is 24.1. The first-order chi connectivity index (χ1) is 18.6. The molecular weight excluding hydrogens is 529 g/mol. The maximum absolute atomic E-state index is 12.2. The number of phosphoric ester groups is 1. The molecule has 0 spiro atoms. The minimum absolute atomic E-state index is 0.0972. The van der Waals surface area contributed by atoms with Crippen LogP contribution in [0.25, 0.3) is 0 Å². The number of carbonyl (C=O) groups is 3. The SMILES string of the molecule is CC/C=C\C/C=C\C/C=C\CCCCCCCC(=O)OC(COC(=O)CC)COP(=O)(O)OCC(N)C(=O)O. The van der Waals surface area contributed by atoms with Crippen molar-refractivity contribution in [2.75, 3.05) is 19.8 Å². The minimum atomic E-state index is -4.68. The molecule has 0 heterocycles. The highest BCUT2D eigenvalue weighted by atomic mass is 31.2. The van der Waals surface area contributed by atoms with E-state index in [-0.39, 0.29) is 19.4 Å². The molecule has 0 aromatic heterocycles. The van der Waals surface area contributed by atoms with Crippen LogP contribution < -0.4 is 5.73 Å². The van der Waals surface area contributed by atoms with Gasteiger partial charge in [0.2, 0.25) is 0 Å². The Morgan fingerprint density at radius 1 is 0.821 bits per heavy atom. The van der Waals surface area contributed by atoms with Crippen LogP contribution in [0.5, 0.6) is 0 Å². The summed E-state index contributed by atoms with van der Waals surface area (Å²) < 4.78 is 31.5. The van der Waals surface area contributed by atoms with Gasteiger partial charge in [0.1, 0.15) is 12.6 Å². The minimum Gasteiger partial charge on any atom is -0.480 e. The number of hydrogen-bond donors (Lipinski definition) is 3. The van der Waals surface area contributed by atoms with Crippen LogP contribution in [0, 0.1) is 0 Å². The topological polar surface area (TPSA) is 172 Å². The smallest absolute Gasteiger partial charge is 0.472 e. The van der Waals surface area contributed by atoms with Crippen molar-refractivity contribution in [3.05, 3.63) is 36.5 Å². The van der Waals surface area contributed by atoms with Gasteiger partial charge < -0.3 is 25.2 Å². The molecule has 0 saturated carbocycles. The molecule has 0 saturated heterocycles. The molecule has 11 nitrogen and oxygen atoms in total. The third-order valence-electron chi connectivity index (χ3n) is 5.21. The van der Waals surface area contributed by atoms with Crippen LogP contribution in [0.3, 0.4) is 0 Å². The number of hydrogen-bond acceptors (Lipinski definition) is 9. The maximum atomic E-state index is 12.2. The standard InChI is InChI=1S/C27H46NO10P/c1-3-5-6-7-8-9-10-11-12-13-14-15-16-17-18-19-26(30)38-23(20-35-25(29)4-2)21-36-39(33,34)37-22-24(28)27(31)32/h5-6,8-9,11-12,23-24H,3-4,7,10,13-22,28H2,1-2H3,(H,31,32)(H,33,34)/b6-5-,9-8-,12-11-. The van der Waals surface area contributed by atoms with E-state index in [9.17, 15) is 23.8 Å². The van der Waals surface area contributed by atoms with Gasteiger partial charge in [-0.1, -0.05) is 69.6 Å². The Morgan fingerprint density at radius 2 is 1.41 bits per heavy atom. The van der Waals surface area contributed by atoms with Crippen LogP contribution in [0.15, 0.2) is 36.5 Å². The molecule has 12 heteroatoms. The first-order valence-corrected chi connectivity index (χ1v) is 15.0. The van der Waals surface area contributed by atoms with Gasteiger partial charge >= 0.3 is 25.7 Å². The number of esters is 2. The van der Waals surface area contributed by atoms with Crippen LogP contribution >= 0.6 is 7.82 Å². The molecule has 3 unspecified atom stereocenters. The molecule has 0 aliphatic carbocycles. The fourth-order valence-electron chi connectivity index (χ4n) is 3.00. The van der Waals surface area contributed by atoms with Gasteiger partial charge in [0.15, 0.2) is 6.10 Å². The van der Waals surface area contributed by atoms with Crippen molar-refractivity contribution in [2.45, 2.75) is 96.6 Å². The first kappa shape index (κ1) is 36.7. The lowest BCUT2D eigenvalue weighted by Crippen LogP contribution is -2.34. The number of aliphatic carboxylic acids is 1. The van der Waals surface area contributed by atoms with Crippen molar-refractivity contribution >= 4 is 25.7 Å². The summed E-state index contributed by atoms with van der Waals surface area (Å²) in [4.78, 5) is 44.1. The predicted molar refractivity (Wildman–Crippen MR) is 148 cm³/mol. The van der Waals surface area contributed by atoms with Crippen molar-refractivity contribution in [1.82, 2.24) is 0 Å². The Kier molecular flexibility index (Phi) is 22.2. The lowest BCUT2D eigenvalue weighted by Gasteiger charge is -2.20. The lowest BCUT2D eigenvalue weighted by atomic mass is 10.1. The van der Waals surface area contributed by atoms with Gasteiger partial charge in [-0.25, -0.2) is 4.57 Å². The van der Waals surface area contributed by atoms with E-state index in [0.29, 0.717) is 6.42 Å². The Bertz CT molecular complexity index is 827. The lowest BCUT2D eigenvalue weighted by molar-refractivity contribution is -0.161. The van der Waals surface area contributed by atoms with Gasteiger partial charge in [-0.3, -0.25) is 23.4 Å². The van der Waals surface area contributed by atoms with Crippen molar-refractivity contribution in [3.63, 3.8) is 0 Å². The van der Waals surface area contributed by atoms with E-state index in [0.717, 1.165) is 51.4 Å². The Hall–Kier alpha value is -2.30. The van der Waals surface area contributed by atoms with E-state index >= 15 is 0 Å². The number of phosphoric acid groups is 1. The summed E-state index contributed by atoms with van der Waals surface area (Å²) in [7, 11) is -4.68. The summed E-state index contributed by atoms with van der Waals surface area (Å²) >= 11 is 0. The largest absolute Gasteiger partial charge is 0.480 e. The van der Waals surface area contributed by atoms with Crippen LogP contribution in [0.1, 0.15) is 84.5 Å². The molecule has 224 valence electrons. The molecule has 0 aliphatic heterocycles. The highest BCUT2D eigenvalue weighted by molar-refractivity contribution is 7.47. The number of carboxylic acid groups (broad SMARTS) is 1. The third kappa shape index (κ3) is 23.3. The fraction of sp³-hybridized carbons (Fsp3) is 0.667. The van der Waals surface area contributed by atoms with E-state index in [1.54, 1.807) is 6.92 Å². The molecule has 0 fully saturated rings. The van der Waals surface area contributed by atoms with Crippen molar-refractivity contribution in [2.24, 2.45) is 5.73 Å². The number of nitrogens with two attached hydrogens (primary N) is 1. The average molecular weight is 576 g/mol. The number of carboxylic acids is 1. The van der Waals surface area contributed by atoms with Crippen molar-refractivity contribution in [3.8, 4) is 0 Å². The van der Waals surface area contributed by atoms with Crippen LogP contribution in [-0.2, 0) is 37.5 Å². The molecule has 3 atom stereocenters. The van der Waals surface area contributed by atoms with Gasteiger partial charge in [-0.05, 0) is 38.5 Å². The van der Waals surface area contributed by atoms with E-state index in [1.165, 1.54) is 0 Å². The number of allylic oxidation sites excluding steroid dienone is 6. The molecule has 0 aliphatic rings.